The molecule has 4 amide bonds. The van der Waals surface area contributed by atoms with Crippen LogP contribution < -0.4 is 10.6 Å². The zero-order chi connectivity index (χ0) is 25.0. The number of nitrogens with one attached hydrogen (secondary N) is 2. The van der Waals surface area contributed by atoms with E-state index in [9.17, 15) is 14.4 Å². The second kappa shape index (κ2) is 10.9. The van der Waals surface area contributed by atoms with Crippen molar-refractivity contribution in [3.05, 3.63) is 46.7 Å². The van der Waals surface area contributed by atoms with Crippen LogP contribution in [0.1, 0.15) is 44.9 Å². The molecule has 2 atom stereocenters. The van der Waals surface area contributed by atoms with Gasteiger partial charge in [-0.15, -0.1) is 0 Å². The van der Waals surface area contributed by atoms with E-state index in [-0.39, 0.29) is 30.8 Å². The van der Waals surface area contributed by atoms with Crippen LogP contribution in [0.2, 0.25) is 0 Å². The van der Waals surface area contributed by atoms with E-state index in [1.54, 1.807) is 14.0 Å². The molecule has 0 saturated carbocycles. The summed E-state index contributed by atoms with van der Waals surface area (Å²) < 4.78 is 5.42. The van der Waals surface area contributed by atoms with Crippen molar-refractivity contribution < 1.29 is 19.1 Å². The number of nitrogens with zero attached hydrogens (tertiary/aromatic N) is 3. The Kier molecular flexibility index (Phi) is 8.19. The fourth-order valence-electron chi connectivity index (χ4n) is 4.52. The van der Waals surface area contributed by atoms with E-state index in [1.165, 1.54) is 4.90 Å². The Balaban J connectivity index is 1.90. The van der Waals surface area contributed by atoms with Gasteiger partial charge in [-0.25, -0.2) is 14.4 Å². The maximum Gasteiger partial charge on any atom is 0.338 e. The topological polar surface area (TPSA) is 94.2 Å². The molecule has 0 aromatic heterocycles. The van der Waals surface area contributed by atoms with Gasteiger partial charge < -0.3 is 20.3 Å². The van der Waals surface area contributed by atoms with Crippen LogP contribution in [-0.4, -0.2) is 84.6 Å². The zero-order valence-electron chi connectivity index (χ0n) is 21.1. The number of aryl methyl sites for hydroxylation is 1. The van der Waals surface area contributed by atoms with Crippen LogP contribution in [0.4, 0.5) is 9.59 Å². The molecule has 0 radical (unpaired) electrons. The second-order valence-corrected chi connectivity index (χ2v) is 9.32. The number of hydrogen-bond donors (Lipinski definition) is 2. The van der Waals surface area contributed by atoms with Crippen molar-refractivity contribution >= 4 is 18.0 Å². The zero-order valence-corrected chi connectivity index (χ0v) is 21.1. The Morgan fingerprint density at radius 3 is 2.62 bits per heavy atom. The summed E-state index contributed by atoms with van der Waals surface area (Å²) in [6.07, 6.45) is 0. The van der Waals surface area contributed by atoms with Crippen LogP contribution in [0.5, 0.6) is 0 Å². The number of esters is 1. The summed E-state index contributed by atoms with van der Waals surface area (Å²) in [6, 6.07) is 6.92. The van der Waals surface area contributed by atoms with Crippen LogP contribution in [-0.2, 0) is 9.53 Å². The molecule has 1 saturated heterocycles. The highest BCUT2D eigenvalue weighted by atomic mass is 16.5. The lowest BCUT2D eigenvalue weighted by Crippen LogP contribution is -2.58. The molecular formula is C25H37N5O4. The summed E-state index contributed by atoms with van der Waals surface area (Å²) in [5.41, 5.74) is 2.95. The normalized spacial score (nSPS) is 21.6. The van der Waals surface area contributed by atoms with Gasteiger partial charge in [-0.3, -0.25) is 9.80 Å². The number of ether oxygens (including phenoxy) is 1. The Bertz CT molecular complexity index is 960. The predicted octanol–water partition coefficient (Wildman–Crippen LogP) is 2.63. The van der Waals surface area contributed by atoms with Gasteiger partial charge in [0.25, 0.3) is 0 Å². The first kappa shape index (κ1) is 25.6. The number of carbonyl (C=O) groups is 3. The van der Waals surface area contributed by atoms with Gasteiger partial charge in [-0.1, -0.05) is 29.8 Å². The van der Waals surface area contributed by atoms with E-state index < -0.39 is 12.0 Å². The largest absolute Gasteiger partial charge is 0.463 e. The summed E-state index contributed by atoms with van der Waals surface area (Å²) in [5, 5.41) is 5.92. The lowest BCUT2D eigenvalue weighted by atomic mass is 9.93. The molecule has 186 valence electrons. The highest BCUT2D eigenvalue weighted by Crippen LogP contribution is 2.32. The van der Waals surface area contributed by atoms with Crippen molar-refractivity contribution in [1.82, 2.24) is 25.3 Å². The van der Waals surface area contributed by atoms with Gasteiger partial charge in [0.15, 0.2) is 0 Å². The Morgan fingerprint density at radius 2 is 2.00 bits per heavy atom. The standard InChI is InChI=1S/C25H37N5O4/c1-7-34-23(31)21-20(15-29-11-12-30(18(5)14-29)25(33)26-16(2)3)28(6)24(32)27-22(21)19-10-8-9-17(4)13-19/h8-10,13,16,18,22H,7,11-12,14-15H2,1-6H3,(H,26,33)(H,27,32). The number of amides is 4. The van der Waals surface area contributed by atoms with Crippen LogP contribution in [0, 0.1) is 6.92 Å². The van der Waals surface area contributed by atoms with Crippen molar-refractivity contribution in [2.24, 2.45) is 0 Å². The van der Waals surface area contributed by atoms with Crippen molar-refractivity contribution in [2.45, 2.75) is 52.7 Å². The number of urea groups is 2. The van der Waals surface area contributed by atoms with E-state index in [0.29, 0.717) is 37.4 Å². The number of likely N-dealkylation sites (N-methyl/N-ethyl adjacent to an activating group) is 1. The number of hydrogen-bond acceptors (Lipinski definition) is 5. The van der Waals surface area contributed by atoms with Crippen LogP contribution in [0.3, 0.4) is 0 Å². The number of rotatable bonds is 6. The van der Waals surface area contributed by atoms with E-state index in [0.717, 1.165) is 11.1 Å². The van der Waals surface area contributed by atoms with Gasteiger partial charge in [-0.2, -0.15) is 0 Å². The molecule has 2 aliphatic heterocycles. The molecule has 2 aliphatic rings. The third-order valence-electron chi connectivity index (χ3n) is 6.21. The van der Waals surface area contributed by atoms with Crippen molar-refractivity contribution in [3.63, 3.8) is 0 Å². The first-order chi connectivity index (χ1) is 16.1. The molecule has 1 fully saturated rings. The molecule has 9 heteroatoms. The quantitative estimate of drug-likeness (QED) is 0.622. The van der Waals surface area contributed by atoms with E-state index in [2.05, 4.69) is 15.5 Å². The molecule has 2 heterocycles. The monoisotopic (exact) mass is 471 g/mol. The first-order valence-corrected chi connectivity index (χ1v) is 11.9. The van der Waals surface area contributed by atoms with Gasteiger partial charge in [-0.05, 0) is 40.2 Å². The average molecular weight is 472 g/mol. The molecule has 9 nitrogen and oxygen atoms in total. The summed E-state index contributed by atoms with van der Waals surface area (Å²) in [6.45, 7) is 12.1. The van der Waals surface area contributed by atoms with Crippen molar-refractivity contribution in [3.8, 4) is 0 Å². The molecule has 0 spiro atoms. The summed E-state index contributed by atoms with van der Waals surface area (Å²) in [7, 11) is 1.67. The molecule has 34 heavy (non-hydrogen) atoms. The van der Waals surface area contributed by atoms with Gasteiger partial charge in [0.05, 0.1) is 18.2 Å². The molecule has 1 aromatic rings. The van der Waals surface area contributed by atoms with E-state index in [4.69, 9.17) is 4.74 Å². The highest BCUT2D eigenvalue weighted by Gasteiger charge is 2.38. The summed E-state index contributed by atoms with van der Waals surface area (Å²) in [4.78, 5) is 44.1. The Morgan fingerprint density at radius 1 is 1.26 bits per heavy atom. The molecule has 0 bridgehead atoms. The molecular weight excluding hydrogens is 434 g/mol. The minimum atomic E-state index is -0.590. The summed E-state index contributed by atoms with van der Waals surface area (Å²) in [5.74, 6) is -0.432. The van der Waals surface area contributed by atoms with Crippen LogP contribution in [0.15, 0.2) is 35.5 Å². The lowest BCUT2D eigenvalue weighted by molar-refractivity contribution is -0.139. The maximum atomic E-state index is 13.1. The minimum Gasteiger partial charge on any atom is -0.463 e. The SMILES string of the molecule is CCOC(=O)C1=C(CN2CCN(C(=O)NC(C)C)C(C)C2)N(C)C(=O)NC1c1cccc(C)c1. The molecule has 2 N–H and O–H groups in total. The van der Waals surface area contributed by atoms with Gasteiger partial charge in [0.2, 0.25) is 0 Å². The van der Waals surface area contributed by atoms with E-state index in [1.807, 2.05) is 56.9 Å². The van der Waals surface area contributed by atoms with E-state index >= 15 is 0 Å². The second-order valence-electron chi connectivity index (χ2n) is 9.32. The van der Waals surface area contributed by atoms with Crippen LogP contribution in [0.25, 0.3) is 0 Å². The van der Waals surface area contributed by atoms with Gasteiger partial charge in [0.1, 0.15) is 0 Å². The molecule has 0 aliphatic carbocycles. The average Bonchev–Trinajstić information content (AvgIpc) is 2.76. The third-order valence-corrected chi connectivity index (χ3v) is 6.21. The number of carbonyl (C=O) groups excluding carboxylic acids is 3. The Labute approximate surface area is 202 Å². The van der Waals surface area contributed by atoms with Crippen molar-refractivity contribution in [1.29, 1.82) is 0 Å². The van der Waals surface area contributed by atoms with Crippen LogP contribution >= 0.6 is 0 Å². The smallest absolute Gasteiger partial charge is 0.338 e. The third kappa shape index (κ3) is 5.70. The fourth-order valence-corrected chi connectivity index (χ4v) is 4.52. The number of piperazine rings is 1. The fraction of sp³-hybridized carbons (Fsp3) is 0.560. The summed E-state index contributed by atoms with van der Waals surface area (Å²) >= 11 is 0. The lowest BCUT2D eigenvalue weighted by Gasteiger charge is -2.42. The van der Waals surface area contributed by atoms with Gasteiger partial charge >= 0.3 is 18.0 Å². The highest BCUT2D eigenvalue weighted by molar-refractivity contribution is 5.95. The predicted molar refractivity (Wildman–Crippen MR) is 130 cm³/mol. The van der Waals surface area contributed by atoms with Crippen molar-refractivity contribution in [2.75, 3.05) is 39.8 Å². The van der Waals surface area contributed by atoms with Gasteiger partial charge in [0, 0.05) is 51.0 Å². The maximum absolute atomic E-state index is 13.1. The minimum absolute atomic E-state index is 0.00515. The molecule has 3 rings (SSSR count). The Hall–Kier alpha value is -3.07. The number of benzene rings is 1. The molecule has 2 unspecified atom stereocenters. The first-order valence-electron chi connectivity index (χ1n) is 11.9. The molecule has 1 aromatic carbocycles.